The standard InChI is InChI=1S/C21H26N2O4/c1-15(2)13-27-21(25)23-19-11-7-10-18(12-19)22-20(24)16(3)26-14-17-8-5-4-6-9-17/h4-12,15-16H,13-14H2,1-3H3,(H,22,24)(H,23,25). The van der Waals surface area contributed by atoms with Gasteiger partial charge in [0, 0.05) is 11.4 Å². The lowest BCUT2D eigenvalue weighted by Crippen LogP contribution is -2.27. The molecule has 2 aromatic rings. The van der Waals surface area contributed by atoms with Crippen LogP contribution >= 0.6 is 0 Å². The van der Waals surface area contributed by atoms with E-state index >= 15 is 0 Å². The third-order valence-electron chi connectivity index (χ3n) is 3.64. The molecule has 0 radical (unpaired) electrons. The van der Waals surface area contributed by atoms with Gasteiger partial charge in [-0.3, -0.25) is 10.1 Å². The van der Waals surface area contributed by atoms with Crippen LogP contribution in [0.15, 0.2) is 54.6 Å². The Bertz CT molecular complexity index is 747. The van der Waals surface area contributed by atoms with E-state index in [1.54, 1.807) is 31.2 Å². The van der Waals surface area contributed by atoms with Gasteiger partial charge in [-0.05, 0) is 36.6 Å². The van der Waals surface area contributed by atoms with E-state index < -0.39 is 12.2 Å². The molecule has 0 bridgehead atoms. The van der Waals surface area contributed by atoms with Crippen LogP contribution in [0.5, 0.6) is 0 Å². The summed E-state index contributed by atoms with van der Waals surface area (Å²) in [6.07, 6.45) is -1.13. The van der Waals surface area contributed by atoms with Gasteiger partial charge in [0.1, 0.15) is 6.10 Å². The summed E-state index contributed by atoms with van der Waals surface area (Å²) in [5.74, 6) is 0.00390. The molecule has 2 aromatic carbocycles. The van der Waals surface area contributed by atoms with Crippen molar-refractivity contribution in [2.75, 3.05) is 17.2 Å². The summed E-state index contributed by atoms with van der Waals surface area (Å²) in [5, 5.41) is 5.43. The Hall–Kier alpha value is -2.86. The number of nitrogens with one attached hydrogen (secondary N) is 2. The summed E-state index contributed by atoms with van der Waals surface area (Å²) < 4.78 is 10.7. The van der Waals surface area contributed by atoms with Crippen molar-refractivity contribution >= 4 is 23.4 Å². The fourth-order valence-electron chi connectivity index (χ4n) is 2.19. The molecule has 1 unspecified atom stereocenters. The van der Waals surface area contributed by atoms with Gasteiger partial charge in [0.25, 0.3) is 5.91 Å². The molecule has 0 aliphatic heterocycles. The van der Waals surface area contributed by atoms with Crippen molar-refractivity contribution in [1.29, 1.82) is 0 Å². The first-order valence-electron chi connectivity index (χ1n) is 8.94. The highest BCUT2D eigenvalue weighted by molar-refractivity contribution is 5.95. The van der Waals surface area contributed by atoms with E-state index in [1.807, 2.05) is 44.2 Å². The van der Waals surface area contributed by atoms with Gasteiger partial charge in [-0.15, -0.1) is 0 Å². The maximum Gasteiger partial charge on any atom is 0.411 e. The summed E-state index contributed by atoms with van der Waals surface area (Å²) >= 11 is 0. The molecule has 0 fully saturated rings. The van der Waals surface area contributed by atoms with Crippen molar-refractivity contribution in [2.45, 2.75) is 33.5 Å². The van der Waals surface area contributed by atoms with Gasteiger partial charge in [-0.2, -0.15) is 0 Å². The van der Waals surface area contributed by atoms with E-state index in [4.69, 9.17) is 9.47 Å². The topological polar surface area (TPSA) is 76.7 Å². The van der Waals surface area contributed by atoms with Crippen LogP contribution in [-0.2, 0) is 20.9 Å². The SMILES string of the molecule is CC(C)COC(=O)Nc1cccc(NC(=O)C(C)OCc2ccccc2)c1. The molecule has 0 aliphatic rings. The second-order valence-electron chi connectivity index (χ2n) is 6.63. The van der Waals surface area contributed by atoms with Crippen LogP contribution in [0.1, 0.15) is 26.3 Å². The predicted molar refractivity (Wildman–Crippen MR) is 106 cm³/mol. The summed E-state index contributed by atoms with van der Waals surface area (Å²) in [6, 6.07) is 16.5. The summed E-state index contributed by atoms with van der Waals surface area (Å²) in [5.41, 5.74) is 2.11. The Morgan fingerprint density at radius 1 is 0.926 bits per heavy atom. The molecule has 0 aliphatic carbocycles. The number of carbonyl (C=O) groups excluding carboxylic acids is 2. The highest BCUT2D eigenvalue weighted by Gasteiger charge is 2.14. The van der Waals surface area contributed by atoms with Gasteiger partial charge in [0.15, 0.2) is 0 Å². The normalized spacial score (nSPS) is 11.7. The Morgan fingerprint density at radius 2 is 1.59 bits per heavy atom. The van der Waals surface area contributed by atoms with Crippen LogP contribution in [0.4, 0.5) is 16.2 Å². The molecule has 0 saturated carbocycles. The lowest BCUT2D eigenvalue weighted by Gasteiger charge is -2.14. The molecule has 6 nitrogen and oxygen atoms in total. The average molecular weight is 370 g/mol. The first-order chi connectivity index (χ1) is 12.9. The number of hydrogen-bond acceptors (Lipinski definition) is 4. The second kappa shape index (κ2) is 10.3. The Kier molecular flexibility index (Phi) is 7.82. The fourth-order valence-corrected chi connectivity index (χ4v) is 2.19. The zero-order valence-electron chi connectivity index (χ0n) is 15.9. The monoisotopic (exact) mass is 370 g/mol. The number of rotatable bonds is 8. The summed E-state index contributed by atoms with van der Waals surface area (Å²) in [6.45, 7) is 6.33. The van der Waals surface area contributed by atoms with Crippen molar-refractivity contribution in [3.63, 3.8) is 0 Å². The van der Waals surface area contributed by atoms with Crippen LogP contribution in [0.3, 0.4) is 0 Å². The smallest absolute Gasteiger partial charge is 0.411 e. The number of hydrogen-bond donors (Lipinski definition) is 2. The minimum atomic E-state index is -0.613. The largest absolute Gasteiger partial charge is 0.449 e. The maximum atomic E-state index is 12.3. The third-order valence-corrected chi connectivity index (χ3v) is 3.64. The lowest BCUT2D eigenvalue weighted by atomic mass is 10.2. The minimum Gasteiger partial charge on any atom is -0.449 e. The first-order valence-corrected chi connectivity index (χ1v) is 8.94. The fraction of sp³-hybridized carbons (Fsp3) is 0.333. The van der Waals surface area contributed by atoms with Gasteiger partial charge in [0.2, 0.25) is 0 Å². The lowest BCUT2D eigenvalue weighted by molar-refractivity contribution is -0.127. The Morgan fingerprint density at radius 3 is 2.26 bits per heavy atom. The molecule has 0 heterocycles. The highest BCUT2D eigenvalue weighted by atomic mass is 16.5. The van der Waals surface area contributed by atoms with E-state index in [1.165, 1.54) is 0 Å². The first kappa shape index (κ1) is 20.5. The van der Waals surface area contributed by atoms with Crippen molar-refractivity contribution < 1.29 is 19.1 Å². The Balaban J connectivity index is 1.85. The van der Waals surface area contributed by atoms with Crippen molar-refractivity contribution in [2.24, 2.45) is 5.92 Å². The van der Waals surface area contributed by atoms with Gasteiger partial charge >= 0.3 is 6.09 Å². The quantitative estimate of drug-likeness (QED) is 0.720. The van der Waals surface area contributed by atoms with Crippen LogP contribution in [0.2, 0.25) is 0 Å². The summed E-state index contributed by atoms with van der Waals surface area (Å²) in [4.78, 5) is 24.0. The van der Waals surface area contributed by atoms with E-state index in [9.17, 15) is 9.59 Å². The van der Waals surface area contributed by atoms with Crippen LogP contribution in [-0.4, -0.2) is 24.7 Å². The molecule has 0 aromatic heterocycles. The number of ether oxygens (including phenoxy) is 2. The van der Waals surface area contributed by atoms with E-state index in [0.717, 1.165) is 5.56 Å². The molecular formula is C21H26N2O4. The molecule has 6 heteroatoms. The number of anilines is 2. The third kappa shape index (κ3) is 7.50. The van der Waals surface area contributed by atoms with Crippen molar-refractivity contribution in [3.8, 4) is 0 Å². The van der Waals surface area contributed by atoms with Gasteiger partial charge in [0.05, 0.1) is 13.2 Å². The molecule has 2 amide bonds. The predicted octanol–water partition coefficient (Wildman–Crippen LogP) is 4.43. The molecular weight excluding hydrogens is 344 g/mol. The highest BCUT2D eigenvalue weighted by Crippen LogP contribution is 2.16. The molecule has 0 saturated heterocycles. The van der Waals surface area contributed by atoms with Crippen LogP contribution < -0.4 is 10.6 Å². The molecule has 0 spiro atoms. The molecule has 1 atom stereocenters. The van der Waals surface area contributed by atoms with E-state index in [0.29, 0.717) is 24.6 Å². The maximum absolute atomic E-state index is 12.3. The summed E-state index contributed by atoms with van der Waals surface area (Å²) in [7, 11) is 0. The second-order valence-corrected chi connectivity index (χ2v) is 6.63. The minimum absolute atomic E-state index is 0.259. The van der Waals surface area contributed by atoms with E-state index in [-0.39, 0.29) is 11.8 Å². The molecule has 144 valence electrons. The number of carbonyl (C=O) groups is 2. The van der Waals surface area contributed by atoms with Crippen LogP contribution in [0.25, 0.3) is 0 Å². The average Bonchev–Trinajstić information content (AvgIpc) is 2.65. The van der Waals surface area contributed by atoms with Crippen LogP contribution in [0, 0.1) is 5.92 Å². The van der Waals surface area contributed by atoms with Gasteiger partial charge in [-0.1, -0.05) is 50.2 Å². The molecule has 27 heavy (non-hydrogen) atoms. The zero-order valence-corrected chi connectivity index (χ0v) is 15.9. The van der Waals surface area contributed by atoms with Gasteiger partial charge < -0.3 is 14.8 Å². The molecule has 2 N–H and O–H groups in total. The molecule has 2 rings (SSSR count). The van der Waals surface area contributed by atoms with Gasteiger partial charge in [-0.25, -0.2) is 4.79 Å². The van der Waals surface area contributed by atoms with E-state index in [2.05, 4.69) is 10.6 Å². The Labute approximate surface area is 159 Å². The number of benzene rings is 2. The zero-order chi connectivity index (χ0) is 19.6. The number of amides is 2. The van der Waals surface area contributed by atoms with Crippen molar-refractivity contribution in [1.82, 2.24) is 0 Å². The van der Waals surface area contributed by atoms with Crippen molar-refractivity contribution in [3.05, 3.63) is 60.2 Å².